The van der Waals surface area contributed by atoms with Crippen LogP contribution >= 0.6 is 20.5 Å². The molecule has 0 atom stereocenters. The van der Waals surface area contributed by atoms with Crippen LogP contribution in [0.1, 0.15) is 13.8 Å². The topological polar surface area (TPSA) is 26.3 Å². The maximum atomic E-state index is 10.0. The molecule has 0 saturated carbocycles. The monoisotopic (exact) mass is 238 g/mol. The van der Waals surface area contributed by atoms with Crippen molar-refractivity contribution >= 4 is 20.5 Å². The van der Waals surface area contributed by atoms with Crippen LogP contribution in [-0.2, 0) is 9.30 Å². The molecule has 0 spiro atoms. The quantitative estimate of drug-likeness (QED) is 0.462. The van der Waals surface area contributed by atoms with Crippen molar-refractivity contribution in [3.8, 4) is 5.75 Å². The fraction of sp³-hybridized carbons (Fsp3) is 0.889. The Hall–Kier alpha value is 0.280. The zero-order valence-corrected chi connectivity index (χ0v) is 11.3. The molecule has 0 saturated heterocycles. The summed E-state index contributed by atoms with van der Waals surface area (Å²) in [6.07, 6.45) is 0. The second kappa shape index (κ2) is 11.4. The summed E-state index contributed by atoms with van der Waals surface area (Å²) in [5.74, 6) is 3.52. The van der Waals surface area contributed by atoms with Crippen molar-refractivity contribution in [1.29, 1.82) is 0 Å². The van der Waals surface area contributed by atoms with Crippen molar-refractivity contribution in [2.24, 2.45) is 0 Å². The number of quaternary nitrogens is 1. The van der Waals surface area contributed by atoms with Crippen LogP contribution < -0.4 is 0 Å². The van der Waals surface area contributed by atoms with E-state index in [1.165, 1.54) is 0 Å². The summed E-state index contributed by atoms with van der Waals surface area (Å²) in [6, 6.07) is 0. The number of rotatable bonds is 4. The van der Waals surface area contributed by atoms with Crippen molar-refractivity contribution in [1.82, 2.24) is 0 Å². The van der Waals surface area contributed by atoms with Gasteiger partial charge in [-0.25, -0.2) is 0 Å². The van der Waals surface area contributed by atoms with Gasteiger partial charge in [-0.2, -0.15) is 0 Å². The summed E-state index contributed by atoms with van der Waals surface area (Å²) >= 11 is 4.05. The Kier molecular flexibility index (Phi) is 13.5. The van der Waals surface area contributed by atoms with Crippen molar-refractivity contribution in [3.63, 3.8) is 0 Å². The van der Waals surface area contributed by atoms with Crippen LogP contribution in [0.2, 0.25) is 0 Å². The van der Waals surface area contributed by atoms with Crippen LogP contribution in [0.25, 0.3) is 0 Å². The molecule has 14 heavy (non-hydrogen) atoms. The molecular formula is C9H21NO2PS+. The summed E-state index contributed by atoms with van der Waals surface area (Å²) in [5.41, 5.74) is 0. The normalized spacial score (nSPS) is 9.79. The molecule has 0 N–H and O–H groups in total. The van der Waals surface area contributed by atoms with Gasteiger partial charge in [0, 0.05) is 13.2 Å². The van der Waals surface area contributed by atoms with E-state index in [1.807, 2.05) is 27.9 Å². The van der Waals surface area contributed by atoms with Crippen molar-refractivity contribution in [3.05, 3.63) is 0 Å². The Morgan fingerprint density at radius 3 is 2.07 bits per heavy atom. The molecule has 0 aromatic heterocycles. The Labute approximate surface area is 93.9 Å². The molecule has 0 radical (unpaired) electrons. The van der Waals surface area contributed by atoms with Gasteiger partial charge in [-0.1, -0.05) is 0 Å². The minimum absolute atomic E-state index is 0.0280. The molecule has 5 heteroatoms. The van der Waals surface area contributed by atoms with E-state index in [2.05, 4.69) is 18.4 Å². The van der Waals surface area contributed by atoms with Crippen LogP contribution in [0.3, 0.4) is 0 Å². The summed E-state index contributed by atoms with van der Waals surface area (Å²) in [6.45, 7) is 6.53. The number of ether oxygens (including phenoxy) is 1. The first-order valence-corrected chi connectivity index (χ1v) is 6.09. The average molecular weight is 238 g/mol. The zero-order valence-electron chi connectivity index (χ0n) is 9.49. The minimum atomic E-state index is -0.0280. The molecule has 0 aromatic rings. The first kappa shape index (κ1) is 16.7. The van der Waals surface area contributed by atoms with E-state index in [0.29, 0.717) is 4.48 Å². The van der Waals surface area contributed by atoms with E-state index in [0.717, 1.165) is 25.5 Å². The molecule has 0 aliphatic rings. The molecule has 0 aliphatic carbocycles. The van der Waals surface area contributed by atoms with Crippen molar-refractivity contribution in [2.75, 3.05) is 39.6 Å². The first-order valence-electron chi connectivity index (χ1n) is 4.65. The van der Waals surface area contributed by atoms with Crippen LogP contribution in [-0.4, -0.2) is 44.1 Å². The van der Waals surface area contributed by atoms with Gasteiger partial charge in [-0.05, 0) is 13.8 Å². The molecule has 0 bridgehead atoms. The van der Waals surface area contributed by atoms with E-state index in [1.54, 1.807) is 0 Å². The molecule has 3 nitrogen and oxygen atoms in total. The number of hydrogen-bond donors (Lipinski definition) is 1. The van der Waals surface area contributed by atoms with Crippen molar-refractivity contribution in [2.45, 2.75) is 13.8 Å². The van der Waals surface area contributed by atoms with Crippen LogP contribution in [0.5, 0.6) is 0 Å². The first-order chi connectivity index (χ1) is 6.54. The van der Waals surface area contributed by atoms with E-state index < -0.39 is 0 Å². The summed E-state index contributed by atoms with van der Waals surface area (Å²) in [5, 5.41) is 0. The van der Waals surface area contributed by atoms with Gasteiger partial charge in [-0.3, -0.25) is 0 Å². The molecule has 84 valence electrons. The Balaban J connectivity index is 0. The predicted molar refractivity (Wildman–Crippen MR) is 64.5 cm³/mol. The molecule has 0 rings (SSSR count). The fourth-order valence-corrected chi connectivity index (χ4v) is 1.44. The SMILES string of the molecule is CCOCC.C[N+](C)(C#P=O)CCS. The Morgan fingerprint density at radius 2 is 1.86 bits per heavy atom. The van der Waals surface area contributed by atoms with Gasteiger partial charge in [0.25, 0.3) is 0 Å². The third-order valence-electron chi connectivity index (χ3n) is 1.38. The molecule has 0 unspecified atom stereocenters. The molecule has 0 aromatic carbocycles. The summed E-state index contributed by atoms with van der Waals surface area (Å²) in [7, 11) is 3.84. The third kappa shape index (κ3) is 14.8. The van der Waals surface area contributed by atoms with Gasteiger partial charge in [0.2, 0.25) is 0 Å². The number of nitrogens with zero attached hydrogens (tertiary/aromatic N) is 1. The fourth-order valence-electron chi connectivity index (χ4n) is 0.615. The Morgan fingerprint density at radius 1 is 1.36 bits per heavy atom. The zero-order chi connectivity index (χ0) is 11.4. The number of thiol groups is 1. The molecular weight excluding hydrogens is 217 g/mol. The van der Waals surface area contributed by atoms with E-state index in [-0.39, 0.29) is 7.92 Å². The van der Waals surface area contributed by atoms with Gasteiger partial charge in [-0.15, -0.1) is 0 Å². The van der Waals surface area contributed by atoms with Crippen LogP contribution in [0.15, 0.2) is 0 Å². The molecule has 0 heterocycles. The molecule has 0 fully saturated rings. The second-order valence-corrected chi connectivity index (χ2v) is 3.93. The summed E-state index contributed by atoms with van der Waals surface area (Å²) < 4.78 is 15.4. The number of hydrogen-bond acceptors (Lipinski definition) is 3. The predicted octanol–water partition coefficient (Wildman–Crippen LogP) is 2.24. The van der Waals surface area contributed by atoms with Gasteiger partial charge < -0.3 is 4.74 Å². The average Bonchev–Trinajstić information content (AvgIpc) is 2.06. The van der Waals surface area contributed by atoms with E-state index >= 15 is 0 Å². The maximum absolute atomic E-state index is 10.0. The van der Waals surface area contributed by atoms with Gasteiger partial charge in [0.1, 0.15) is 0 Å². The van der Waals surface area contributed by atoms with Crippen molar-refractivity contribution < 1.29 is 13.8 Å². The standard InChI is InChI=1S/C5H10NOPS.C4H10O/c1-6(2,3-4-9)5-8-7;1-3-5-4-2/h3-4H2,1-2H3;3-4H2,1-2H3/p+1. The van der Waals surface area contributed by atoms with E-state index in [4.69, 9.17) is 4.74 Å². The van der Waals surface area contributed by atoms with Gasteiger partial charge >= 0.3 is 61.7 Å². The van der Waals surface area contributed by atoms with Crippen LogP contribution in [0.4, 0.5) is 0 Å². The summed E-state index contributed by atoms with van der Waals surface area (Å²) in [4.78, 5) is 0. The third-order valence-corrected chi connectivity index (χ3v) is 2.20. The van der Waals surface area contributed by atoms with Gasteiger partial charge in [0.05, 0.1) is 0 Å². The van der Waals surface area contributed by atoms with Crippen LogP contribution in [0, 0.1) is 5.75 Å². The second-order valence-electron chi connectivity index (χ2n) is 3.10. The Bertz CT molecular complexity index is 212. The van der Waals surface area contributed by atoms with E-state index in [9.17, 15) is 4.57 Å². The molecule has 0 amide bonds. The molecule has 0 aliphatic heterocycles. The van der Waals surface area contributed by atoms with Gasteiger partial charge in [0.15, 0.2) is 0 Å².